The predicted molar refractivity (Wildman–Crippen MR) is 72.9 cm³/mol. The van der Waals surface area contributed by atoms with Crippen molar-refractivity contribution >= 4 is 39.0 Å². The molecule has 4 nitrogen and oxygen atoms in total. The van der Waals surface area contributed by atoms with Gasteiger partial charge in [-0.15, -0.1) is 11.3 Å². The van der Waals surface area contributed by atoms with E-state index in [0.29, 0.717) is 22.7 Å². The molecule has 0 N–H and O–H groups in total. The third kappa shape index (κ3) is 2.13. The average Bonchev–Trinajstić information content (AvgIpc) is 2.86. The van der Waals surface area contributed by atoms with Crippen molar-refractivity contribution in [1.82, 2.24) is 4.98 Å². The number of hydrogen-bond acceptors (Lipinski definition) is 4. The second-order valence-corrected chi connectivity index (χ2v) is 5.65. The Kier molecular flexibility index (Phi) is 3.05. The predicted octanol–water partition coefficient (Wildman–Crippen LogP) is 2.83. The Hall–Kier alpha value is -1.40. The van der Waals surface area contributed by atoms with Crippen LogP contribution in [0.5, 0.6) is 5.75 Å². The molecule has 92 valence electrons. The fourth-order valence-electron chi connectivity index (χ4n) is 1.78. The summed E-state index contributed by atoms with van der Waals surface area (Å²) in [5.74, 6) is 1.16. The number of carbonyl (C=O) groups is 1. The number of amides is 1. The zero-order valence-corrected chi connectivity index (χ0v) is 11.7. The third-order valence-corrected chi connectivity index (χ3v) is 3.91. The van der Waals surface area contributed by atoms with Crippen LogP contribution in [0, 0.1) is 0 Å². The number of carbonyl (C=O) groups excluding carboxylic acids is 1. The number of pyridine rings is 1. The van der Waals surface area contributed by atoms with E-state index in [0.717, 1.165) is 4.88 Å². The highest BCUT2D eigenvalue weighted by atomic mass is 79.9. The molecule has 0 atom stereocenters. The summed E-state index contributed by atoms with van der Waals surface area (Å²) in [7, 11) is 0. The Bertz CT molecular complexity index is 586. The van der Waals surface area contributed by atoms with Gasteiger partial charge < -0.3 is 4.74 Å². The summed E-state index contributed by atoms with van der Waals surface area (Å²) in [4.78, 5) is 19.1. The van der Waals surface area contributed by atoms with Gasteiger partial charge in [-0.25, -0.2) is 4.98 Å². The van der Waals surface area contributed by atoms with E-state index in [1.165, 1.54) is 0 Å². The Balaban J connectivity index is 1.98. The van der Waals surface area contributed by atoms with Crippen LogP contribution in [0.4, 0.5) is 5.82 Å². The summed E-state index contributed by atoms with van der Waals surface area (Å²) in [6, 6.07) is 7.60. The molecule has 18 heavy (non-hydrogen) atoms. The fourth-order valence-corrected chi connectivity index (χ4v) is 2.77. The second-order valence-electron chi connectivity index (χ2n) is 3.80. The number of halogens is 1. The average molecular weight is 325 g/mol. The van der Waals surface area contributed by atoms with Crippen LogP contribution in [-0.2, 0) is 11.3 Å². The van der Waals surface area contributed by atoms with Crippen LogP contribution in [0.15, 0.2) is 34.2 Å². The molecule has 0 aliphatic carbocycles. The van der Waals surface area contributed by atoms with Gasteiger partial charge >= 0.3 is 0 Å². The Morgan fingerprint density at radius 2 is 2.33 bits per heavy atom. The van der Waals surface area contributed by atoms with E-state index in [9.17, 15) is 4.79 Å². The maximum absolute atomic E-state index is 11.9. The number of nitrogens with zero attached hydrogens (tertiary/aromatic N) is 2. The summed E-state index contributed by atoms with van der Waals surface area (Å²) < 4.78 is 6.06. The van der Waals surface area contributed by atoms with Gasteiger partial charge in [-0.3, -0.25) is 9.69 Å². The first kappa shape index (κ1) is 11.7. The lowest BCUT2D eigenvalue weighted by molar-refractivity contribution is -0.121. The van der Waals surface area contributed by atoms with Gasteiger partial charge in [0.1, 0.15) is 4.60 Å². The molecule has 3 rings (SSSR count). The van der Waals surface area contributed by atoms with E-state index in [4.69, 9.17) is 4.74 Å². The molecule has 0 unspecified atom stereocenters. The standard InChI is InChI=1S/C12H9BrN2O2S/c13-10-4-3-9-12(14-10)15(11(16)7-17-9)6-8-2-1-5-18-8/h1-5H,6-7H2. The molecule has 0 radical (unpaired) electrons. The van der Waals surface area contributed by atoms with Crippen LogP contribution in [0.3, 0.4) is 0 Å². The van der Waals surface area contributed by atoms with Crippen molar-refractivity contribution in [3.8, 4) is 5.75 Å². The van der Waals surface area contributed by atoms with Crippen molar-refractivity contribution in [2.75, 3.05) is 11.5 Å². The SMILES string of the molecule is O=C1COc2ccc(Br)nc2N1Cc1cccs1. The molecular formula is C12H9BrN2O2S. The monoisotopic (exact) mass is 324 g/mol. The molecule has 0 bridgehead atoms. The van der Waals surface area contributed by atoms with Gasteiger partial charge in [-0.2, -0.15) is 0 Å². The van der Waals surface area contributed by atoms with Gasteiger partial charge in [0.2, 0.25) is 0 Å². The summed E-state index contributed by atoms with van der Waals surface area (Å²) in [5, 5.41) is 2.00. The number of hydrogen-bond donors (Lipinski definition) is 0. The summed E-state index contributed by atoms with van der Waals surface area (Å²) in [6.45, 7) is 0.609. The maximum atomic E-state index is 11.9. The first-order valence-electron chi connectivity index (χ1n) is 5.36. The maximum Gasteiger partial charge on any atom is 0.266 e. The molecular weight excluding hydrogens is 316 g/mol. The Labute approximate surface area is 116 Å². The van der Waals surface area contributed by atoms with Gasteiger partial charge in [0.25, 0.3) is 5.91 Å². The summed E-state index contributed by atoms with van der Waals surface area (Å²) in [6.07, 6.45) is 0. The third-order valence-electron chi connectivity index (χ3n) is 2.61. The number of anilines is 1. The summed E-state index contributed by atoms with van der Waals surface area (Å²) >= 11 is 4.94. The van der Waals surface area contributed by atoms with Crippen molar-refractivity contribution in [3.05, 3.63) is 39.1 Å². The van der Waals surface area contributed by atoms with Crippen molar-refractivity contribution in [3.63, 3.8) is 0 Å². The molecule has 2 aromatic heterocycles. The van der Waals surface area contributed by atoms with Crippen LogP contribution in [0.2, 0.25) is 0 Å². The highest BCUT2D eigenvalue weighted by Crippen LogP contribution is 2.32. The summed E-state index contributed by atoms with van der Waals surface area (Å²) in [5.41, 5.74) is 0. The van der Waals surface area contributed by atoms with Crippen molar-refractivity contribution in [2.24, 2.45) is 0 Å². The van der Waals surface area contributed by atoms with Crippen molar-refractivity contribution < 1.29 is 9.53 Å². The second kappa shape index (κ2) is 4.70. The van der Waals surface area contributed by atoms with Gasteiger partial charge in [-0.05, 0) is 39.5 Å². The molecule has 0 aromatic carbocycles. The topological polar surface area (TPSA) is 42.4 Å². The van der Waals surface area contributed by atoms with E-state index in [1.54, 1.807) is 22.3 Å². The van der Waals surface area contributed by atoms with Gasteiger partial charge in [0.15, 0.2) is 18.2 Å². The van der Waals surface area contributed by atoms with Gasteiger partial charge in [-0.1, -0.05) is 6.07 Å². The zero-order valence-electron chi connectivity index (χ0n) is 9.30. The van der Waals surface area contributed by atoms with Crippen LogP contribution < -0.4 is 9.64 Å². The Morgan fingerprint density at radius 1 is 1.44 bits per heavy atom. The number of fused-ring (bicyclic) bond motifs is 1. The van der Waals surface area contributed by atoms with Gasteiger partial charge in [0.05, 0.1) is 6.54 Å². The van der Waals surface area contributed by atoms with E-state index in [-0.39, 0.29) is 12.5 Å². The molecule has 2 aromatic rings. The minimum atomic E-state index is -0.0681. The fraction of sp³-hybridized carbons (Fsp3) is 0.167. The van der Waals surface area contributed by atoms with E-state index in [1.807, 2.05) is 23.6 Å². The molecule has 3 heterocycles. The lowest BCUT2D eigenvalue weighted by Crippen LogP contribution is -2.38. The first-order chi connectivity index (χ1) is 8.74. The van der Waals surface area contributed by atoms with Crippen LogP contribution in [0.25, 0.3) is 0 Å². The molecule has 0 fully saturated rings. The zero-order chi connectivity index (χ0) is 12.5. The lowest BCUT2D eigenvalue weighted by Gasteiger charge is -2.27. The van der Waals surface area contributed by atoms with Crippen LogP contribution in [0.1, 0.15) is 4.88 Å². The molecule has 6 heteroatoms. The van der Waals surface area contributed by atoms with E-state index >= 15 is 0 Å². The highest BCUT2D eigenvalue weighted by molar-refractivity contribution is 9.10. The van der Waals surface area contributed by atoms with Crippen molar-refractivity contribution in [1.29, 1.82) is 0 Å². The van der Waals surface area contributed by atoms with E-state index < -0.39 is 0 Å². The smallest absolute Gasteiger partial charge is 0.266 e. The molecule has 0 saturated heterocycles. The van der Waals surface area contributed by atoms with Crippen LogP contribution >= 0.6 is 27.3 Å². The van der Waals surface area contributed by atoms with Gasteiger partial charge in [0, 0.05) is 4.88 Å². The number of thiophene rings is 1. The molecule has 1 amide bonds. The minimum absolute atomic E-state index is 0.0681. The number of aromatic nitrogens is 1. The van der Waals surface area contributed by atoms with Crippen LogP contribution in [-0.4, -0.2) is 17.5 Å². The largest absolute Gasteiger partial charge is 0.480 e. The quantitative estimate of drug-likeness (QED) is 0.798. The molecule has 0 saturated carbocycles. The number of ether oxygens (including phenoxy) is 1. The highest BCUT2D eigenvalue weighted by Gasteiger charge is 2.27. The Morgan fingerprint density at radius 3 is 3.11 bits per heavy atom. The molecule has 1 aliphatic heterocycles. The molecule has 1 aliphatic rings. The lowest BCUT2D eigenvalue weighted by atomic mass is 10.3. The first-order valence-corrected chi connectivity index (χ1v) is 7.03. The van der Waals surface area contributed by atoms with Crippen molar-refractivity contribution in [2.45, 2.75) is 6.54 Å². The van der Waals surface area contributed by atoms with E-state index in [2.05, 4.69) is 20.9 Å². The normalized spacial score (nSPS) is 14.3. The molecule has 0 spiro atoms. The number of rotatable bonds is 2. The minimum Gasteiger partial charge on any atom is -0.480 e.